The minimum atomic E-state index is -0.608. The summed E-state index contributed by atoms with van der Waals surface area (Å²) in [6.45, 7) is 0. The van der Waals surface area contributed by atoms with E-state index in [0.717, 1.165) is 5.52 Å². The van der Waals surface area contributed by atoms with Crippen LogP contribution in [0.4, 0.5) is 0 Å². The fourth-order valence-electron chi connectivity index (χ4n) is 1.67. The summed E-state index contributed by atoms with van der Waals surface area (Å²) >= 11 is 0. The molecule has 2 N–H and O–H groups in total. The Kier molecular flexibility index (Phi) is 2.55. The van der Waals surface area contributed by atoms with Crippen LogP contribution in [-0.4, -0.2) is 28.5 Å². The summed E-state index contributed by atoms with van der Waals surface area (Å²) in [4.78, 5) is 26.5. The molecule has 88 valence electrons. The largest absolute Gasteiger partial charge is 0.465 e. The van der Waals surface area contributed by atoms with Crippen LogP contribution in [0.25, 0.3) is 11.0 Å². The van der Waals surface area contributed by atoms with Gasteiger partial charge in [-0.05, 0) is 18.2 Å². The number of hydrogen-bond acceptors (Lipinski definition) is 4. The third kappa shape index (κ3) is 1.73. The van der Waals surface area contributed by atoms with E-state index in [1.807, 2.05) is 0 Å². The second-order valence-electron chi connectivity index (χ2n) is 3.55. The van der Waals surface area contributed by atoms with Gasteiger partial charge in [-0.15, -0.1) is 0 Å². The molecule has 0 spiro atoms. The number of carbonyl (C=O) groups is 2. The maximum absolute atomic E-state index is 11.3. The summed E-state index contributed by atoms with van der Waals surface area (Å²) in [6.07, 6.45) is 0. The second kappa shape index (κ2) is 3.89. The smallest absolute Gasteiger partial charge is 0.337 e. The summed E-state index contributed by atoms with van der Waals surface area (Å²) < 4.78 is 6.19. The molecule has 1 aromatic heterocycles. The summed E-state index contributed by atoms with van der Waals surface area (Å²) in [7, 11) is 2.99. The predicted molar refractivity (Wildman–Crippen MR) is 60.6 cm³/mol. The van der Waals surface area contributed by atoms with Crippen LogP contribution in [0.5, 0.6) is 0 Å². The number of fused-ring (bicyclic) bond motifs is 1. The topological polar surface area (TPSA) is 87.2 Å². The number of nitrogens with two attached hydrogens (primary N) is 1. The van der Waals surface area contributed by atoms with Crippen LogP contribution in [0.15, 0.2) is 18.2 Å². The van der Waals surface area contributed by atoms with Gasteiger partial charge in [0.2, 0.25) is 0 Å². The number of benzene rings is 1. The van der Waals surface area contributed by atoms with Crippen LogP contribution in [0.1, 0.15) is 21.0 Å². The molecule has 6 nitrogen and oxygen atoms in total. The molecule has 0 aliphatic heterocycles. The highest BCUT2D eigenvalue weighted by Crippen LogP contribution is 2.17. The van der Waals surface area contributed by atoms with E-state index in [1.54, 1.807) is 29.8 Å². The first kappa shape index (κ1) is 11.1. The van der Waals surface area contributed by atoms with Crippen molar-refractivity contribution < 1.29 is 14.3 Å². The van der Waals surface area contributed by atoms with Gasteiger partial charge in [-0.2, -0.15) is 0 Å². The van der Waals surface area contributed by atoms with Crippen molar-refractivity contribution in [1.29, 1.82) is 0 Å². The molecule has 2 aromatic rings. The number of imidazole rings is 1. The highest BCUT2D eigenvalue weighted by Gasteiger charge is 2.14. The summed E-state index contributed by atoms with van der Waals surface area (Å²) in [5.74, 6) is -0.900. The van der Waals surface area contributed by atoms with Crippen LogP contribution in [-0.2, 0) is 11.8 Å². The van der Waals surface area contributed by atoms with Gasteiger partial charge in [-0.25, -0.2) is 9.78 Å². The molecule has 1 aromatic carbocycles. The lowest BCUT2D eigenvalue weighted by atomic mass is 10.2. The first-order valence-electron chi connectivity index (χ1n) is 4.89. The maximum Gasteiger partial charge on any atom is 0.337 e. The van der Waals surface area contributed by atoms with Crippen LogP contribution < -0.4 is 5.73 Å². The average Bonchev–Trinajstić information content (AvgIpc) is 2.65. The minimum Gasteiger partial charge on any atom is -0.465 e. The number of hydrogen-bond donors (Lipinski definition) is 1. The first-order valence-corrected chi connectivity index (χ1v) is 4.89. The Bertz CT molecular complexity index is 616. The molecule has 6 heteroatoms. The number of nitrogens with zero attached hydrogens (tertiary/aromatic N) is 2. The van der Waals surface area contributed by atoms with Crippen molar-refractivity contribution in [2.45, 2.75) is 0 Å². The Labute approximate surface area is 97.0 Å². The molecule has 0 fully saturated rings. The van der Waals surface area contributed by atoms with Crippen LogP contribution in [0.3, 0.4) is 0 Å². The van der Waals surface area contributed by atoms with Gasteiger partial charge in [0.05, 0.1) is 23.7 Å². The quantitative estimate of drug-likeness (QED) is 0.763. The van der Waals surface area contributed by atoms with Gasteiger partial charge in [-0.1, -0.05) is 0 Å². The van der Waals surface area contributed by atoms with Crippen LogP contribution in [0.2, 0.25) is 0 Å². The monoisotopic (exact) mass is 233 g/mol. The number of aromatic nitrogens is 2. The SMILES string of the molecule is COC(=O)c1ccc2c(c1)nc(C(N)=O)n2C. The number of methoxy groups -OCH3 is 1. The van der Waals surface area contributed by atoms with Crippen LogP contribution in [0, 0.1) is 0 Å². The van der Waals surface area contributed by atoms with Gasteiger partial charge in [0, 0.05) is 7.05 Å². The molecule has 17 heavy (non-hydrogen) atoms. The molecule has 1 amide bonds. The third-order valence-electron chi connectivity index (χ3n) is 2.52. The van der Waals surface area contributed by atoms with E-state index in [2.05, 4.69) is 9.72 Å². The number of esters is 1. The molecule has 0 bridgehead atoms. The van der Waals surface area contributed by atoms with E-state index in [0.29, 0.717) is 11.1 Å². The van der Waals surface area contributed by atoms with Crippen molar-refractivity contribution >= 4 is 22.9 Å². The zero-order chi connectivity index (χ0) is 12.6. The number of amides is 1. The highest BCUT2D eigenvalue weighted by atomic mass is 16.5. The van der Waals surface area contributed by atoms with Gasteiger partial charge in [-0.3, -0.25) is 4.79 Å². The zero-order valence-corrected chi connectivity index (χ0v) is 9.43. The fraction of sp³-hybridized carbons (Fsp3) is 0.182. The van der Waals surface area contributed by atoms with E-state index in [4.69, 9.17) is 5.73 Å². The van der Waals surface area contributed by atoms with Gasteiger partial charge in [0.15, 0.2) is 5.82 Å². The molecule has 0 atom stereocenters. The fourth-order valence-corrected chi connectivity index (χ4v) is 1.67. The van der Waals surface area contributed by atoms with Crippen molar-refractivity contribution in [3.8, 4) is 0 Å². The first-order chi connectivity index (χ1) is 8.04. The number of aryl methyl sites for hydroxylation is 1. The predicted octanol–water partition coefficient (Wildman–Crippen LogP) is 0.459. The van der Waals surface area contributed by atoms with Gasteiger partial charge >= 0.3 is 5.97 Å². The number of ether oxygens (including phenoxy) is 1. The number of primary amides is 1. The minimum absolute atomic E-state index is 0.155. The second-order valence-corrected chi connectivity index (χ2v) is 3.55. The number of rotatable bonds is 2. The summed E-state index contributed by atoms with van der Waals surface area (Å²) in [5, 5.41) is 0. The van der Waals surface area contributed by atoms with E-state index in [-0.39, 0.29) is 5.82 Å². The molecule has 0 saturated heterocycles. The summed E-state index contributed by atoms with van der Waals surface area (Å²) in [6, 6.07) is 4.87. The van der Waals surface area contributed by atoms with Gasteiger partial charge in [0.1, 0.15) is 0 Å². The van der Waals surface area contributed by atoms with E-state index < -0.39 is 11.9 Å². The van der Waals surface area contributed by atoms with Crippen LogP contribution >= 0.6 is 0 Å². The third-order valence-corrected chi connectivity index (χ3v) is 2.52. The molecule has 0 aliphatic rings. The van der Waals surface area contributed by atoms with Crippen molar-refractivity contribution in [1.82, 2.24) is 9.55 Å². The summed E-state index contributed by atoms with van der Waals surface area (Å²) in [5.41, 5.74) is 6.83. The molecule has 0 aliphatic carbocycles. The van der Waals surface area contributed by atoms with E-state index in [9.17, 15) is 9.59 Å². The number of carbonyl (C=O) groups excluding carboxylic acids is 2. The molecule has 0 radical (unpaired) electrons. The zero-order valence-electron chi connectivity index (χ0n) is 9.43. The van der Waals surface area contributed by atoms with Crippen molar-refractivity contribution in [3.63, 3.8) is 0 Å². The highest BCUT2D eigenvalue weighted by molar-refractivity contribution is 5.97. The van der Waals surface area contributed by atoms with Crippen molar-refractivity contribution in [2.24, 2.45) is 12.8 Å². The Hall–Kier alpha value is -2.37. The van der Waals surface area contributed by atoms with Crippen molar-refractivity contribution in [2.75, 3.05) is 7.11 Å². The molecule has 2 rings (SSSR count). The molecule has 0 saturated carbocycles. The molecular weight excluding hydrogens is 222 g/mol. The Morgan fingerprint density at radius 1 is 1.41 bits per heavy atom. The lowest BCUT2D eigenvalue weighted by Gasteiger charge is -1.99. The normalized spacial score (nSPS) is 10.5. The van der Waals surface area contributed by atoms with E-state index >= 15 is 0 Å². The lowest BCUT2D eigenvalue weighted by Crippen LogP contribution is -2.16. The van der Waals surface area contributed by atoms with Gasteiger partial charge in [0.25, 0.3) is 5.91 Å². The average molecular weight is 233 g/mol. The maximum atomic E-state index is 11.3. The molecular formula is C11H11N3O3. The Balaban J connectivity index is 2.63. The van der Waals surface area contributed by atoms with Crippen molar-refractivity contribution in [3.05, 3.63) is 29.6 Å². The van der Waals surface area contributed by atoms with E-state index in [1.165, 1.54) is 7.11 Å². The Morgan fingerprint density at radius 2 is 2.12 bits per heavy atom. The molecule has 1 heterocycles. The molecule has 0 unspecified atom stereocenters. The standard InChI is InChI=1S/C11H11N3O3/c1-14-8-4-3-6(11(16)17-2)5-7(8)13-10(14)9(12)15/h3-5H,1-2H3,(H2,12,15). The van der Waals surface area contributed by atoms with Gasteiger partial charge < -0.3 is 15.0 Å². The Morgan fingerprint density at radius 3 is 2.71 bits per heavy atom. The lowest BCUT2D eigenvalue weighted by molar-refractivity contribution is 0.0600.